The molecule has 0 amide bonds. The maximum Gasteiger partial charge on any atom is 0.0384 e. The first-order valence-electron chi connectivity index (χ1n) is 8.41. The fourth-order valence-electron chi connectivity index (χ4n) is 4.23. The predicted octanol–water partition coefficient (Wildman–Crippen LogP) is 4.23. The minimum Gasteiger partial charge on any atom is -0.381 e. The Hall–Kier alpha value is -1.80. The molecule has 2 N–H and O–H groups in total. The lowest BCUT2D eigenvalue weighted by Gasteiger charge is -2.18. The zero-order valence-corrected chi connectivity index (χ0v) is 13.4. The summed E-state index contributed by atoms with van der Waals surface area (Å²) in [5.74, 6) is 0.641. The van der Waals surface area contributed by atoms with Gasteiger partial charge in [-0.1, -0.05) is 41.5 Å². The fraction of sp³-hybridized carbons (Fsp3) is 0.400. The van der Waals surface area contributed by atoms with Crippen molar-refractivity contribution >= 4 is 5.69 Å². The number of benzene rings is 2. The Morgan fingerprint density at radius 3 is 2.55 bits per heavy atom. The zero-order valence-electron chi connectivity index (χ0n) is 13.4. The van der Waals surface area contributed by atoms with Gasteiger partial charge in [0.2, 0.25) is 0 Å². The summed E-state index contributed by atoms with van der Waals surface area (Å²) in [7, 11) is 0. The van der Waals surface area contributed by atoms with E-state index in [0.717, 1.165) is 13.1 Å². The topological polar surface area (TPSA) is 24.1 Å². The largest absolute Gasteiger partial charge is 0.381 e. The van der Waals surface area contributed by atoms with Crippen molar-refractivity contribution in [2.24, 2.45) is 0 Å². The van der Waals surface area contributed by atoms with Crippen LogP contribution in [-0.4, -0.2) is 19.1 Å². The van der Waals surface area contributed by atoms with Crippen LogP contribution >= 0.6 is 0 Å². The van der Waals surface area contributed by atoms with Crippen LogP contribution in [0, 0.1) is 13.8 Å². The molecule has 0 spiro atoms. The van der Waals surface area contributed by atoms with Crippen molar-refractivity contribution < 1.29 is 0 Å². The lowest BCUT2D eigenvalue weighted by molar-refractivity contribution is 0.579. The fourth-order valence-corrected chi connectivity index (χ4v) is 4.23. The van der Waals surface area contributed by atoms with E-state index in [-0.39, 0.29) is 0 Å². The Morgan fingerprint density at radius 2 is 1.73 bits per heavy atom. The minimum atomic E-state index is 0.594. The molecule has 114 valence electrons. The number of hydrogen-bond acceptors (Lipinski definition) is 2. The number of anilines is 1. The van der Waals surface area contributed by atoms with Crippen LogP contribution in [0.5, 0.6) is 0 Å². The van der Waals surface area contributed by atoms with Gasteiger partial charge in [0, 0.05) is 17.6 Å². The third kappa shape index (κ3) is 2.32. The summed E-state index contributed by atoms with van der Waals surface area (Å²) < 4.78 is 0. The molecule has 2 aliphatic heterocycles. The molecule has 0 aliphatic carbocycles. The van der Waals surface area contributed by atoms with E-state index in [4.69, 9.17) is 0 Å². The second-order valence-electron chi connectivity index (χ2n) is 6.83. The first-order chi connectivity index (χ1) is 10.7. The van der Waals surface area contributed by atoms with Crippen LogP contribution in [0.2, 0.25) is 0 Å². The van der Waals surface area contributed by atoms with Crippen molar-refractivity contribution in [3.63, 3.8) is 0 Å². The Labute approximate surface area is 132 Å². The van der Waals surface area contributed by atoms with Gasteiger partial charge in [-0.25, -0.2) is 0 Å². The van der Waals surface area contributed by atoms with E-state index in [9.17, 15) is 0 Å². The number of hydrogen-bond donors (Lipinski definition) is 2. The lowest BCUT2D eigenvalue weighted by atomic mass is 9.85. The summed E-state index contributed by atoms with van der Waals surface area (Å²) >= 11 is 0. The molecule has 22 heavy (non-hydrogen) atoms. The highest BCUT2D eigenvalue weighted by Crippen LogP contribution is 2.45. The lowest BCUT2D eigenvalue weighted by Crippen LogP contribution is -2.21. The van der Waals surface area contributed by atoms with Crippen molar-refractivity contribution in [2.45, 2.75) is 38.6 Å². The monoisotopic (exact) mass is 292 g/mol. The molecule has 2 aliphatic rings. The van der Waals surface area contributed by atoms with Gasteiger partial charge < -0.3 is 10.6 Å². The average Bonchev–Trinajstić information content (AvgIpc) is 2.68. The van der Waals surface area contributed by atoms with Crippen LogP contribution in [0.15, 0.2) is 36.4 Å². The molecule has 0 bridgehead atoms. The van der Waals surface area contributed by atoms with Gasteiger partial charge in [-0.05, 0) is 62.5 Å². The molecule has 4 rings (SSSR count). The number of aryl methyl sites for hydroxylation is 2. The van der Waals surface area contributed by atoms with Gasteiger partial charge in [-0.15, -0.1) is 0 Å². The number of rotatable bonds is 1. The van der Waals surface area contributed by atoms with Gasteiger partial charge in [-0.2, -0.15) is 0 Å². The predicted molar refractivity (Wildman–Crippen MR) is 93.6 cm³/mol. The van der Waals surface area contributed by atoms with Gasteiger partial charge in [0.1, 0.15) is 0 Å². The quantitative estimate of drug-likeness (QED) is 0.822. The third-order valence-corrected chi connectivity index (χ3v) is 5.10. The molecule has 2 nitrogen and oxygen atoms in total. The minimum absolute atomic E-state index is 0.594. The average molecular weight is 292 g/mol. The number of nitrogens with one attached hydrogen (secondary N) is 2. The molecule has 2 aromatic rings. The van der Waals surface area contributed by atoms with Crippen LogP contribution in [0.4, 0.5) is 5.69 Å². The SMILES string of the molecule is Cc1cc(C)cc(-c2cccc3c2C2CCNCCC2N3)c1. The molecule has 0 saturated carbocycles. The van der Waals surface area contributed by atoms with Crippen molar-refractivity contribution in [3.8, 4) is 11.1 Å². The van der Waals surface area contributed by atoms with Gasteiger partial charge >= 0.3 is 0 Å². The standard InChI is InChI=1S/C20H24N2/c1-13-10-14(2)12-15(11-13)16-4-3-5-19-20(16)17-6-8-21-9-7-18(17)22-19/h3-5,10-12,17-18,21-22H,6-9H2,1-2H3. The molecule has 2 unspecified atom stereocenters. The number of fused-ring (bicyclic) bond motifs is 3. The highest BCUT2D eigenvalue weighted by molar-refractivity contribution is 5.78. The van der Waals surface area contributed by atoms with Crippen LogP contribution < -0.4 is 10.6 Å². The Morgan fingerprint density at radius 1 is 0.955 bits per heavy atom. The summed E-state index contributed by atoms with van der Waals surface area (Å²) in [6, 6.07) is 14.2. The highest BCUT2D eigenvalue weighted by atomic mass is 15.0. The van der Waals surface area contributed by atoms with Crippen molar-refractivity contribution in [1.29, 1.82) is 0 Å². The second kappa shape index (κ2) is 5.44. The summed E-state index contributed by atoms with van der Waals surface area (Å²) in [5, 5.41) is 7.32. The van der Waals surface area contributed by atoms with Crippen LogP contribution in [-0.2, 0) is 0 Å². The van der Waals surface area contributed by atoms with Crippen LogP contribution in [0.25, 0.3) is 11.1 Å². The molecular formula is C20H24N2. The first-order valence-corrected chi connectivity index (χ1v) is 8.41. The highest BCUT2D eigenvalue weighted by Gasteiger charge is 2.34. The molecule has 0 radical (unpaired) electrons. The molecule has 0 aromatic heterocycles. The summed E-state index contributed by atoms with van der Waals surface area (Å²) in [4.78, 5) is 0. The molecule has 1 saturated heterocycles. The van der Waals surface area contributed by atoms with Gasteiger partial charge in [0.05, 0.1) is 0 Å². The Balaban J connectivity index is 1.84. The summed E-state index contributed by atoms with van der Waals surface area (Å²) in [5.41, 5.74) is 8.38. The maximum absolute atomic E-state index is 3.78. The molecule has 2 aromatic carbocycles. The van der Waals surface area contributed by atoms with E-state index in [2.05, 4.69) is 60.9 Å². The molecular weight excluding hydrogens is 268 g/mol. The molecule has 2 heteroatoms. The molecule has 2 atom stereocenters. The van der Waals surface area contributed by atoms with E-state index in [0.29, 0.717) is 12.0 Å². The summed E-state index contributed by atoms with van der Waals surface area (Å²) in [6.07, 6.45) is 2.44. The van der Waals surface area contributed by atoms with Crippen LogP contribution in [0.1, 0.15) is 35.4 Å². The van der Waals surface area contributed by atoms with Crippen molar-refractivity contribution in [1.82, 2.24) is 5.32 Å². The smallest absolute Gasteiger partial charge is 0.0384 e. The van der Waals surface area contributed by atoms with Gasteiger partial charge in [0.25, 0.3) is 0 Å². The first kappa shape index (κ1) is 13.8. The second-order valence-corrected chi connectivity index (χ2v) is 6.83. The van der Waals surface area contributed by atoms with E-state index < -0.39 is 0 Å². The Bertz CT molecular complexity index is 685. The molecule has 2 heterocycles. The summed E-state index contributed by atoms with van der Waals surface area (Å²) in [6.45, 7) is 6.64. The van der Waals surface area contributed by atoms with Gasteiger partial charge in [-0.3, -0.25) is 0 Å². The third-order valence-electron chi connectivity index (χ3n) is 5.10. The van der Waals surface area contributed by atoms with E-state index in [1.54, 1.807) is 5.56 Å². The molecule has 1 fully saturated rings. The van der Waals surface area contributed by atoms with E-state index in [1.165, 1.54) is 40.8 Å². The van der Waals surface area contributed by atoms with Gasteiger partial charge in [0.15, 0.2) is 0 Å². The normalized spacial score (nSPS) is 23.4. The zero-order chi connectivity index (χ0) is 15.1. The maximum atomic E-state index is 3.78. The van der Waals surface area contributed by atoms with Crippen molar-refractivity contribution in [3.05, 3.63) is 53.1 Å². The van der Waals surface area contributed by atoms with E-state index >= 15 is 0 Å². The van der Waals surface area contributed by atoms with E-state index in [1.807, 2.05) is 0 Å². The van der Waals surface area contributed by atoms with Crippen LogP contribution in [0.3, 0.4) is 0 Å². The van der Waals surface area contributed by atoms with Crippen molar-refractivity contribution in [2.75, 3.05) is 18.4 Å². The Kier molecular flexibility index (Phi) is 3.42.